The lowest BCUT2D eigenvalue weighted by atomic mass is 9.96. The number of Topliss-reactive ketones (excluding diaryl/α,β-unsaturated/α-hetero) is 2. The Kier molecular flexibility index (Phi) is 7.42. The Bertz CT molecular complexity index is 1220. The minimum atomic E-state index is -0.792. The summed E-state index contributed by atoms with van der Waals surface area (Å²) in [7, 11) is 1.58. The average Bonchev–Trinajstić information content (AvgIpc) is 3.36. The maximum Gasteiger partial charge on any atom is 0.252 e. The first-order valence-corrected chi connectivity index (χ1v) is 11.1. The van der Waals surface area contributed by atoms with Crippen LogP contribution in [-0.4, -0.2) is 49.1 Å². The second kappa shape index (κ2) is 10.8. The Morgan fingerprint density at radius 2 is 1.57 bits per heavy atom. The van der Waals surface area contributed by atoms with Crippen molar-refractivity contribution in [2.24, 2.45) is 0 Å². The number of amides is 1. The van der Waals surface area contributed by atoms with Crippen molar-refractivity contribution in [2.45, 2.75) is 18.9 Å². The summed E-state index contributed by atoms with van der Waals surface area (Å²) in [6, 6.07) is 17.9. The molecule has 0 spiro atoms. The van der Waals surface area contributed by atoms with Crippen molar-refractivity contribution in [3.63, 3.8) is 0 Å². The molecule has 0 bridgehead atoms. The van der Waals surface area contributed by atoms with Gasteiger partial charge in [-0.05, 0) is 47.9 Å². The SMILES string of the molecule is COc1ccc(C[C@H](NC(=O)c2ccc3c(c2)OCO3)C(=O)Cc2ccc(C(=O)CO)cc2)cc1. The number of nitrogens with one attached hydrogen (secondary N) is 1. The average molecular weight is 475 g/mol. The molecule has 0 saturated carbocycles. The van der Waals surface area contributed by atoms with Gasteiger partial charge in [0.25, 0.3) is 5.91 Å². The number of ether oxygens (including phenoxy) is 3. The predicted molar refractivity (Wildman–Crippen MR) is 127 cm³/mol. The van der Waals surface area contributed by atoms with Crippen LogP contribution >= 0.6 is 0 Å². The number of fused-ring (bicyclic) bond motifs is 1. The van der Waals surface area contributed by atoms with Gasteiger partial charge in [0.1, 0.15) is 12.4 Å². The fourth-order valence-corrected chi connectivity index (χ4v) is 3.75. The van der Waals surface area contributed by atoms with E-state index in [2.05, 4.69) is 5.32 Å². The Hall–Kier alpha value is -4.17. The van der Waals surface area contributed by atoms with E-state index in [4.69, 9.17) is 19.3 Å². The van der Waals surface area contributed by atoms with Crippen LogP contribution in [0.5, 0.6) is 17.2 Å². The molecule has 180 valence electrons. The number of carbonyl (C=O) groups is 3. The molecule has 0 radical (unpaired) electrons. The molecule has 1 aliphatic rings. The van der Waals surface area contributed by atoms with Crippen molar-refractivity contribution >= 4 is 17.5 Å². The van der Waals surface area contributed by atoms with Crippen LogP contribution in [0.2, 0.25) is 0 Å². The number of methoxy groups -OCH3 is 1. The summed E-state index contributed by atoms with van der Waals surface area (Å²) in [5.41, 5.74) is 2.28. The van der Waals surface area contributed by atoms with E-state index in [0.717, 1.165) is 5.56 Å². The molecule has 2 N–H and O–H groups in total. The van der Waals surface area contributed by atoms with Crippen molar-refractivity contribution in [1.29, 1.82) is 0 Å². The number of hydrogen-bond acceptors (Lipinski definition) is 7. The number of aliphatic hydroxyl groups excluding tert-OH is 1. The van der Waals surface area contributed by atoms with E-state index in [9.17, 15) is 14.4 Å². The van der Waals surface area contributed by atoms with E-state index in [-0.39, 0.29) is 19.0 Å². The van der Waals surface area contributed by atoms with Crippen LogP contribution in [0.25, 0.3) is 0 Å². The zero-order valence-corrected chi connectivity index (χ0v) is 19.2. The third-order valence-electron chi connectivity index (χ3n) is 5.73. The highest BCUT2D eigenvalue weighted by Gasteiger charge is 2.24. The van der Waals surface area contributed by atoms with Crippen molar-refractivity contribution < 1.29 is 33.7 Å². The van der Waals surface area contributed by atoms with E-state index < -0.39 is 24.3 Å². The lowest BCUT2D eigenvalue weighted by Crippen LogP contribution is -2.43. The summed E-state index contributed by atoms with van der Waals surface area (Å²) in [5, 5.41) is 11.9. The molecular weight excluding hydrogens is 450 g/mol. The smallest absolute Gasteiger partial charge is 0.252 e. The normalized spacial score (nSPS) is 12.6. The van der Waals surface area contributed by atoms with Crippen LogP contribution in [0, 0.1) is 0 Å². The minimum Gasteiger partial charge on any atom is -0.497 e. The van der Waals surface area contributed by atoms with Gasteiger partial charge >= 0.3 is 0 Å². The number of ketones is 2. The molecule has 0 fully saturated rings. The summed E-state index contributed by atoms with van der Waals surface area (Å²) >= 11 is 0. The maximum atomic E-state index is 13.3. The summed E-state index contributed by atoms with van der Waals surface area (Å²) in [4.78, 5) is 37.9. The lowest BCUT2D eigenvalue weighted by Gasteiger charge is -2.19. The van der Waals surface area contributed by atoms with Crippen LogP contribution in [0.3, 0.4) is 0 Å². The molecule has 0 aromatic heterocycles. The highest BCUT2D eigenvalue weighted by atomic mass is 16.7. The molecule has 1 heterocycles. The highest BCUT2D eigenvalue weighted by Crippen LogP contribution is 2.32. The first kappa shape index (κ1) is 24.0. The largest absolute Gasteiger partial charge is 0.497 e. The molecule has 8 nitrogen and oxygen atoms in total. The molecule has 0 aliphatic carbocycles. The number of hydrogen-bond donors (Lipinski definition) is 2. The van der Waals surface area contributed by atoms with Gasteiger partial charge in [-0.3, -0.25) is 14.4 Å². The first-order chi connectivity index (χ1) is 17.0. The fraction of sp³-hybridized carbons (Fsp3) is 0.222. The topological polar surface area (TPSA) is 111 Å². The maximum absolute atomic E-state index is 13.3. The molecular formula is C27H25NO7. The molecule has 1 atom stereocenters. The van der Waals surface area contributed by atoms with Gasteiger partial charge in [0.15, 0.2) is 23.1 Å². The molecule has 0 saturated heterocycles. The fourth-order valence-electron chi connectivity index (χ4n) is 3.75. The monoisotopic (exact) mass is 475 g/mol. The Morgan fingerprint density at radius 1 is 0.914 bits per heavy atom. The van der Waals surface area contributed by atoms with Crippen LogP contribution in [0.15, 0.2) is 66.7 Å². The lowest BCUT2D eigenvalue weighted by molar-refractivity contribution is -0.120. The standard InChI is InChI=1S/C27H25NO7/c1-33-21-9-4-17(5-10-21)12-22(23(30)13-18-2-6-19(7-3-18)24(31)15-29)28-27(32)20-8-11-25-26(14-20)35-16-34-25/h2-11,14,22,29H,12-13,15-16H2,1H3,(H,28,32)/t22-/m0/s1. The van der Waals surface area contributed by atoms with Gasteiger partial charge in [-0.2, -0.15) is 0 Å². The molecule has 0 unspecified atom stereocenters. The number of aliphatic hydroxyl groups is 1. The zero-order valence-electron chi connectivity index (χ0n) is 19.2. The van der Waals surface area contributed by atoms with E-state index in [1.807, 2.05) is 12.1 Å². The quantitative estimate of drug-likeness (QED) is 0.434. The van der Waals surface area contributed by atoms with Crippen molar-refractivity contribution in [2.75, 3.05) is 20.5 Å². The van der Waals surface area contributed by atoms with Crippen LogP contribution < -0.4 is 19.5 Å². The van der Waals surface area contributed by atoms with Gasteiger partial charge < -0.3 is 24.6 Å². The van der Waals surface area contributed by atoms with Gasteiger partial charge in [0.05, 0.1) is 13.2 Å². The molecule has 1 amide bonds. The van der Waals surface area contributed by atoms with Gasteiger partial charge in [-0.1, -0.05) is 36.4 Å². The van der Waals surface area contributed by atoms with E-state index >= 15 is 0 Å². The Balaban J connectivity index is 1.52. The summed E-state index contributed by atoms with van der Waals surface area (Å²) in [6.45, 7) is -0.476. The number of carbonyl (C=O) groups excluding carboxylic acids is 3. The summed E-state index contributed by atoms with van der Waals surface area (Å²) < 4.78 is 15.8. The van der Waals surface area contributed by atoms with E-state index in [1.165, 1.54) is 0 Å². The van der Waals surface area contributed by atoms with Gasteiger partial charge in [0, 0.05) is 17.5 Å². The van der Waals surface area contributed by atoms with Crippen LogP contribution in [0.1, 0.15) is 31.8 Å². The second-order valence-electron chi connectivity index (χ2n) is 8.07. The first-order valence-electron chi connectivity index (χ1n) is 11.1. The molecule has 1 aliphatic heterocycles. The molecule has 8 heteroatoms. The van der Waals surface area contributed by atoms with Gasteiger partial charge in [-0.25, -0.2) is 0 Å². The molecule has 3 aromatic carbocycles. The second-order valence-corrected chi connectivity index (χ2v) is 8.07. The number of rotatable bonds is 10. The minimum absolute atomic E-state index is 0.0653. The van der Waals surface area contributed by atoms with Gasteiger partial charge in [0.2, 0.25) is 6.79 Å². The Morgan fingerprint density at radius 3 is 2.26 bits per heavy atom. The predicted octanol–water partition coefficient (Wildman–Crippen LogP) is 2.75. The van der Waals surface area contributed by atoms with E-state index in [0.29, 0.717) is 40.4 Å². The molecule has 4 rings (SSSR count). The molecule has 35 heavy (non-hydrogen) atoms. The van der Waals surface area contributed by atoms with Gasteiger partial charge in [-0.15, -0.1) is 0 Å². The van der Waals surface area contributed by atoms with Crippen LogP contribution in [0.4, 0.5) is 0 Å². The molecule has 3 aromatic rings. The summed E-state index contributed by atoms with van der Waals surface area (Å²) in [6.07, 6.45) is 0.357. The van der Waals surface area contributed by atoms with Crippen molar-refractivity contribution in [1.82, 2.24) is 5.32 Å². The third-order valence-corrected chi connectivity index (χ3v) is 5.73. The van der Waals surface area contributed by atoms with E-state index in [1.54, 1.807) is 61.7 Å². The van der Waals surface area contributed by atoms with Crippen molar-refractivity contribution in [3.8, 4) is 17.2 Å². The third kappa shape index (κ3) is 5.85. The van der Waals surface area contributed by atoms with Crippen molar-refractivity contribution in [3.05, 3.63) is 89.0 Å². The highest BCUT2D eigenvalue weighted by molar-refractivity contribution is 5.99. The number of benzene rings is 3. The van der Waals surface area contributed by atoms with Crippen LogP contribution in [-0.2, 0) is 17.6 Å². The zero-order chi connectivity index (χ0) is 24.8. The Labute approximate surface area is 202 Å². The summed E-state index contributed by atoms with van der Waals surface area (Å²) in [5.74, 6) is 0.758.